The van der Waals surface area contributed by atoms with Crippen LogP contribution in [0.1, 0.15) is 121 Å². The predicted octanol–water partition coefficient (Wildman–Crippen LogP) is 10.5. The number of H-pyrrole nitrogens is 2. The highest BCUT2D eigenvalue weighted by Gasteiger charge is 2.45. The molecule has 10 rings (SSSR count). The van der Waals surface area contributed by atoms with E-state index in [2.05, 4.69) is 157 Å². The molecule has 2 heterocycles. The molecule has 408 valence electrons. The lowest BCUT2D eigenvalue weighted by Gasteiger charge is -2.29. The van der Waals surface area contributed by atoms with Crippen molar-refractivity contribution in [3.63, 3.8) is 0 Å². The number of aliphatic carboxylic acids is 1. The number of nitrogens with one attached hydrogen (secondary N) is 3. The smallest absolute Gasteiger partial charge is 0.310 e. The number of amides is 1. The molecule has 17 nitrogen and oxygen atoms in total. The number of nitrogens with zero attached hydrogens (tertiary/aromatic N) is 6. The van der Waals surface area contributed by atoms with Crippen molar-refractivity contribution in [2.24, 2.45) is 16.6 Å². The normalized spacial score (nSPS) is 14.8. The van der Waals surface area contributed by atoms with Crippen LogP contribution in [0.25, 0.3) is 22.3 Å². The van der Waals surface area contributed by atoms with Crippen LogP contribution in [0.2, 0.25) is 0 Å². The Morgan fingerprint density at radius 1 is 0.544 bits per heavy atom. The zero-order valence-electron chi connectivity index (χ0n) is 44.7. The number of ether oxygens (including phenoxy) is 2. The van der Waals surface area contributed by atoms with E-state index >= 15 is 0 Å². The molecule has 1 amide bonds. The Hall–Kier alpha value is -8.70. The van der Waals surface area contributed by atoms with Gasteiger partial charge < -0.3 is 25.6 Å². The SMILES string of the molecule is Cc1cccc(-c2ccc(C[C@H](N)c3nn[nH]n3)cc2)c1.Cc1cccc(-c2ccc(C[C@H](NC(=O)C3(CC(=O)OCc4ccccc4)CCCC3)c3nn[nH]n3)cc2)c1.O=C(CC1(C(=O)O)CCCC1)OCc1ccccc1. The van der Waals surface area contributed by atoms with E-state index in [1.165, 1.54) is 22.3 Å². The molecule has 2 fully saturated rings. The maximum atomic E-state index is 13.7. The van der Waals surface area contributed by atoms with Crippen molar-refractivity contribution in [2.75, 3.05) is 0 Å². The van der Waals surface area contributed by atoms with Gasteiger partial charge in [-0.05, 0) is 90.5 Å². The van der Waals surface area contributed by atoms with Crippen LogP contribution >= 0.6 is 0 Å². The van der Waals surface area contributed by atoms with Gasteiger partial charge in [-0.15, -0.1) is 20.4 Å². The number of carboxylic acid groups (broad SMARTS) is 1. The van der Waals surface area contributed by atoms with Gasteiger partial charge in [-0.25, -0.2) is 0 Å². The average molecular weight is 1070 g/mol. The van der Waals surface area contributed by atoms with Crippen LogP contribution in [-0.4, -0.2) is 70.2 Å². The molecule has 8 aromatic rings. The molecule has 6 aromatic carbocycles. The van der Waals surface area contributed by atoms with Gasteiger partial charge in [0.1, 0.15) is 13.2 Å². The van der Waals surface area contributed by atoms with Gasteiger partial charge in [0.05, 0.1) is 35.8 Å². The second-order valence-electron chi connectivity index (χ2n) is 20.6. The van der Waals surface area contributed by atoms with Crippen molar-refractivity contribution >= 4 is 23.8 Å². The van der Waals surface area contributed by atoms with Gasteiger partial charge in [-0.1, -0.05) is 205 Å². The molecule has 79 heavy (non-hydrogen) atoms. The number of esters is 2. The first-order valence-electron chi connectivity index (χ1n) is 26.8. The third-order valence-corrected chi connectivity index (χ3v) is 14.7. The van der Waals surface area contributed by atoms with Crippen LogP contribution in [-0.2, 0) is 54.7 Å². The zero-order chi connectivity index (χ0) is 55.5. The minimum atomic E-state index is -0.895. The molecule has 2 aliphatic rings. The molecular formula is C62H68N10O7. The quantitative estimate of drug-likeness (QED) is 0.0473. The Labute approximate surface area is 460 Å². The molecular weight excluding hydrogens is 997 g/mol. The molecule has 2 saturated carbocycles. The Morgan fingerprint density at radius 2 is 0.987 bits per heavy atom. The number of carbonyl (C=O) groups excluding carboxylic acids is 3. The summed E-state index contributed by atoms with van der Waals surface area (Å²) < 4.78 is 10.7. The van der Waals surface area contributed by atoms with Gasteiger partial charge in [0.25, 0.3) is 0 Å². The van der Waals surface area contributed by atoms with Gasteiger partial charge >= 0.3 is 17.9 Å². The van der Waals surface area contributed by atoms with Crippen LogP contribution in [0, 0.1) is 24.7 Å². The topological polar surface area (TPSA) is 254 Å². The number of aromatic amines is 2. The molecule has 17 heteroatoms. The molecule has 2 aliphatic carbocycles. The summed E-state index contributed by atoms with van der Waals surface area (Å²) in [6.07, 6.45) is 7.18. The number of hydrogen-bond acceptors (Lipinski definition) is 13. The van der Waals surface area contributed by atoms with Crippen LogP contribution in [0.15, 0.2) is 158 Å². The third-order valence-electron chi connectivity index (χ3n) is 14.7. The number of benzene rings is 6. The van der Waals surface area contributed by atoms with Gasteiger partial charge in [-0.3, -0.25) is 19.2 Å². The fourth-order valence-electron chi connectivity index (χ4n) is 10.2. The maximum absolute atomic E-state index is 13.7. The lowest BCUT2D eigenvalue weighted by atomic mass is 9.81. The summed E-state index contributed by atoms with van der Waals surface area (Å²) in [6, 6.07) is 51.8. The van der Waals surface area contributed by atoms with Crippen molar-refractivity contribution in [3.8, 4) is 22.3 Å². The number of nitrogens with two attached hydrogens (primary N) is 1. The summed E-state index contributed by atoms with van der Waals surface area (Å²) in [5.74, 6) is -0.875. The predicted molar refractivity (Wildman–Crippen MR) is 298 cm³/mol. The number of rotatable bonds is 19. The van der Waals surface area contributed by atoms with Crippen molar-refractivity contribution in [1.29, 1.82) is 0 Å². The van der Waals surface area contributed by atoms with Gasteiger partial charge in [0.15, 0.2) is 11.6 Å². The largest absolute Gasteiger partial charge is 0.481 e. The summed E-state index contributed by atoms with van der Waals surface area (Å²) >= 11 is 0. The van der Waals surface area contributed by atoms with Crippen LogP contribution < -0.4 is 11.1 Å². The first-order chi connectivity index (χ1) is 38.3. The van der Waals surface area contributed by atoms with E-state index < -0.39 is 28.8 Å². The summed E-state index contributed by atoms with van der Waals surface area (Å²) in [5, 5.41) is 40.7. The Bertz CT molecular complexity index is 3180. The minimum absolute atomic E-state index is 0.0187. The summed E-state index contributed by atoms with van der Waals surface area (Å²) in [7, 11) is 0. The van der Waals surface area contributed by atoms with E-state index in [0.717, 1.165) is 59.1 Å². The van der Waals surface area contributed by atoms with E-state index in [1.807, 2.05) is 60.7 Å². The molecule has 6 N–H and O–H groups in total. The van der Waals surface area contributed by atoms with Gasteiger partial charge in [0, 0.05) is 6.42 Å². The van der Waals surface area contributed by atoms with Crippen LogP contribution in [0.5, 0.6) is 0 Å². The molecule has 0 radical (unpaired) electrons. The number of aryl methyl sites for hydroxylation is 2. The number of carboxylic acids is 1. The van der Waals surface area contributed by atoms with Crippen molar-refractivity contribution < 1.29 is 33.8 Å². The second-order valence-corrected chi connectivity index (χ2v) is 20.6. The van der Waals surface area contributed by atoms with Gasteiger partial charge in [0.2, 0.25) is 5.91 Å². The van der Waals surface area contributed by atoms with Crippen LogP contribution in [0.4, 0.5) is 0 Å². The minimum Gasteiger partial charge on any atom is -0.481 e. The molecule has 0 bridgehead atoms. The highest BCUT2D eigenvalue weighted by Crippen LogP contribution is 2.43. The second kappa shape index (κ2) is 27.6. The number of carbonyl (C=O) groups is 4. The Balaban J connectivity index is 0.000000172. The van der Waals surface area contributed by atoms with E-state index in [0.29, 0.717) is 50.2 Å². The Kier molecular flexibility index (Phi) is 19.7. The van der Waals surface area contributed by atoms with Crippen LogP contribution in [0.3, 0.4) is 0 Å². The molecule has 2 atom stereocenters. The lowest BCUT2D eigenvalue weighted by Crippen LogP contribution is -2.43. The number of aromatic nitrogens is 8. The average Bonchev–Trinajstić information content (AvgIpc) is 4.37. The summed E-state index contributed by atoms with van der Waals surface area (Å²) in [4.78, 5) is 49.7. The van der Waals surface area contributed by atoms with Crippen molar-refractivity contribution in [2.45, 2.75) is 116 Å². The van der Waals surface area contributed by atoms with Crippen molar-refractivity contribution in [1.82, 2.24) is 46.6 Å². The zero-order valence-corrected chi connectivity index (χ0v) is 44.7. The van der Waals surface area contributed by atoms with Gasteiger partial charge in [-0.2, -0.15) is 10.4 Å². The van der Waals surface area contributed by atoms with Crippen molar-refractivity contribution in [3.05, 3.63) is 203 Å². The molecule has 0 saturated heterocycles. The fraction of sp³-hybridized carbons (Fsp3) is 0.323. The third kappa shape index (κ3) is 16.2. The first-order valence-corrected chi connectivity index (χ1v) is 26.8. The van der Waals surface area contributed by atoms with E-state index in [4.69, 9.17) is 15.2 Å². The number of hydrogen-bond donors (Lipinski definition) is 5. The maximum Gasteiger partial charge on any atom is 0.310 e. The first kappa shape index (κ1) is 56.5. The molecule has 0 unspecified atom stereocenters. The fourth-order valence-corrected chi connectivity index (χ4v) is 10.2. The molecule has 2 aromatic heterocycles. The molecule has 0 aliphatic heterocycles. The summed E-state index contributed by atoms with van der Waals surface area (Å²) in [5.41, 5.74) is 15.6. The number of tetrazole rings is 2. The summed E-state index contributed by atoms with van der Waals surface area (Å²) in [6.45, 7) is 4.58. The van der Waals surface area contributed by atoms with E-state index in [1.54, 1.807) is 0 Å². The van der Waals surface area contributed by atoms with E-state index in [-0.39, 0.29) is 44.0 Å². The molecule has 0 spiro atoms. The monoisotopic (exact) mass is 1060 g/mol. The Morgan fingerprint density at radius 3 is 1.43 bits per heavy atom. The van der Waals surface area contributed by atoms with E-state index in [9.17, 15) is 24.3 Å². The highest BCUT2D eigenvalue weighted by atomic mass is 16.5. The lowest BCUT2D eigenvalue weighted by molar-refractivity contribution is -0.158. The standard InChI is InChI=1S/C31H33N5O3.C16H17N5.C15H18O4/c1-22-8-7-11-26(18-22)25-14-12-23(13-15-25)19-27(29-33-35-36-34-29)32-30(38)31(16-5-6-17-31)20-28(37)39-21-24-9-3-2-4-10-24;1-11-3-2-4-14(9-11)13-7-5-12(6-8-13)10-15(17)16-18-20-21-19-16;16-13(19-11-12-6-2-1-3-7-12)10-15(14(17)18)8-4-5-9-15/h2-4,7-15,18,27H,5-6,16-17,19-21H2,1H3,(H,32,38)(H,33,34,35,36);2-9,15H,10,17H2,1H3,(H,18,19,20,21);1-3,6-7H,4-5,8-11H2,(H,17,18)/t27-;15-;/m00./s1. The highest BCUT2D eigenvalue weighted by molar-refractivity contribution is 5.88.